The van der Waals surface area contributed by atoms with E-state index >= 15 is 0 Å². The van der Waals surface area contributed by atoms with Gasteiger partial charge in [0.05, 0.1) is 5.69 Å². The second-order valence-corrected chi connectivity index (χ2v) is 6.88. The van der Waals surface area contributed by atoms with Gasteiger partial charge in [-0.2, -0.15) is 0 Å². The van der Waals surface area contributed by atoms with Gasteiger partial charge in [0.1, 0.15) is 9.88 Å². The topological polar surface area (TPSA) is 110 Å². The number of aryl methyl sites for hydroxylation is 2. The van der Waals surface area contributed by atoms with Crippen molar-refractivity contribution < 1.29 is 9.59 Å². The highest BCUT2D eigenvalue weighted by Gasteiger charge is 2.18. The van der Waals surface area contributed by atoms with Crippen LogP contribution in [0.25, 0.3) is 0 Å². The van der Waals surface area contributed by atoms with Crippen LogP contribution in [-0.4, -0.2) is 32.0 Å². The Bertz CT molecular complexity index is 890. The van der Waals surface area contributed by atoms with Gasteiger partial charge in [0.15, 0.2) is 5.13 Å². The van der Waals surface area contributed by atoms with Crippen LogP contribution in [0.1, 0.15) is 30.7 Å². The Morgan fingerprint density at radius 1 is 0.958 bits per heavy atom. The van der Waals surface area contributed by atoms with Crippen molar-refractivity contribution in [2.24, 2.45) is 0 Å². The first-order valence-corrected chi connectivity index (χ1v) is 8.46. The monoisotopic (exact) mass is 360 g/mol. The lowest BCUT2D eigenvalue weighted by Crippen LogP contribution is -2.11. The van der Waals surface area contributed by atoms with E-state index in [1.807, 2.05) is 0 Å². The number of amides is 2. The van der Waals surface area contributed by atoms with E-state index in [0.29, 0.717) is 26.4 Å². The van der Waals surface area contributed by atoms with Crippen LogP contribution in [0.2, 0.25) is 0 Å². The summed E-state index contributed by atoms with van der Waals surface area (Å²) in [6, 6.07) is 3.20. The van der Waals surface area contributed by atoms with E-state index in [4.69, 9.17) is 0 Å². The summed E-state index contributed by atoms with van der Waals surface area (Å²) >= 11 is 2.39. The van der Waals surface area contributed by atoms with Crippen LogP contribution in [0.3, 0.4) is 0 Å². The molecule has 3 rings (SSSR count). The maximum absolute atomic E-state index is 12.3. The minimum atomic E-state index is -0.328. The van der Waals surface area contributed by atoms with Gasteiger partial charge < -0.3 is 0 Å². The average molecular weight is 360 g/mol. The molecule has 0 unspecified atom stereocenters. The molecule has 3 heterocycles. The molecule has 0 saturated carbocycles. The highest BCUT2D eigenvalue weighted by Crippen LogP contribution is 2.25. The zero-order chi connectivity index (χ0) is 17.1. The molecule has 0 atom stereocenters. The van der Waals surface area contributed by atoms with Gasteiger partial charge in [0, 0.05) is 18.0 Å². The largest absolute Gasteiger partial charge is 0.298 e. The molecule has 0 spiro atoms. The van der Waals surface area contributed by atoms with Crippen molar-refractivity contribution in [2.45, 2.75) is 13.8 Å². The highest BCUT2D eigenvalue weighted by atomic mass is 32.1. The smallest absolute Gasteiger partial charge is 0.269 e. The fourth-order valence-electron chi connectivity index (χ4n) is 1.83. The number of hydrogen-bond acceptors (Lipinski definition) is 8. The zero-order valence-electron chi connectivity index (χ0n) is 12.7. The van der Waals surface area contributed by atoms with Crippen LogP contribution in [0.4, 0.5) is 10.3 Å². The van der Waals surface area contributed by atoms with Gasteiger partial charge in [-0.05, 0) is 26.0 Å². The molecule has 24 heavy (non-hydrogen) atoms. The van der Waals surface area contributed by atoms with Crippen LogP contribution in [0.15, 0.2) is 24.5 Å². The van der Waals surface area contributed by atoms with Gasteiger partial charge >= 0.3 is 0 Å². The van der Waals surface area contributed by atoms with E-state index in [1.54, 1.807) is 26.0 Å². The third kappa shape index (κ3) is 3.60. The third-order valence-corrected chi connectivity index (χ3v) is 4.74. The van der Waals surface area contributed by atoms with Crippen molar-refractivity contribution in [1.82, 2.24) is 20.2 Å². The van der Waals surface area contributed by atoms with Crippen molar-refractivity contribution in [2.75, 3.05) is 10.6 Å². The molecule has 122 valence electrons. The van der Waals surface area contributed by atoms with Crippen molar-refractivity contribution in [3.8, 4) is 0 Å². The molecular formula is C14H12N6O2S2. The number of carbonyl (C=O) groups is 2. The lowest BCUT2D eigenvalue weighted by atomic mass is 10.2. The fourth-order valence-corrected chi connectivity index (χ4v) is 3.28. The number of rotatable bonds is 4. The van der Waals surface area contributed by atoms with Gasteiger partial charge in [-0.15, -0.1) is 10.2 Å². The molecule has 0 saturated heterocycles. The lowest BCUT2D eigenvalue weighted by molar-refractivity contribution is 0.102. The predicted molar refractivity (Wildman–Crippen MR) is 91.6 cm³/mol. The number of nitrogens with one attached hydrogen (secondary N) is 2. The van der Waals surface area contributed by atoms with E-state index in [9.17, 15) is 9.59 Å². The number of anilines is 2. The molecule has 2 N–H and O–H groups in total. The van der Waals surface area contributed by atoms with E-state index in [0.717, 1.165) is 16.3 Å². The van der Waals surface area contributed by atoms with Crippen molar-refractivity contribution in [3.63, 3.8) is 0 Å². The Kier molecular flexibility index (Phi) is 4.58. The molecule has 3 aromatic rings. The van der Waals surface area contributed by atoms with Gasteiger partial charge in [-0.1, -0.05) is 22.7 Å². The van der Waals surface area contributed by atoms with Gasteiger partial charge in [0.2, 0.25) is 5.13 Å². The molecule has 0 aliphatic carbocycles. The van der Waals surface area contributed by atoms with Gasteiger partial charge in [0.25, 0.3) is 11.8 Å². The van der Waals surface area contributed by atoms with Crippen LogP contribution in [0, 0.1) is 13.8 Å². The molecular weight excluding hydrogens is 348 g/mol. The predicted octanol–water partition coefficient (Wildman–Crippen LogP) is 2.51. The number of nitrogens with zero attached hydrogens (tertiary/aromatic N) is 4. The molecule has 0 aromatic carbocycles. The van der Waals surface area contributed by atoms with Crippen molar-refractivity contribution in [1.29, 1.82) is 0 Å². The quantitative estimate of drug-likeness (QED) is 0.740. The summed E-state index contributed by atoms with van der Waals surface area (Å²) in [6.45, 7) is 3.51. The molecule has 8 nitrogen and oxygen atoms in total. The molecule has 10 heteroatoms. The first kappa shape index (κ1) is 16.1. The molecule has 0 aliphatic heterocycles. The molecule has 0 bridgehead atoms. The number of thiazole rings is 1. The fraction of sp³-hybridized carbons (Fsp3) is 0.143. The zero-order valence-corrected chi connectivity index (χ0v) is 14.4. The first-order valence-electron chi connectivity index (χ1n) is 6.83. The van der Waals surface area contributed by atoms with Crippen LogP contribution in [0.5, 0.6) is 0 Å². The normalized spacial score (nSPS) is 10.4. The van der Waals surface area contributed by atoms with Crippen LogP contribution in [-0.2, 0) is 0 Å². The van der Waals surface area contributed by atoms with E-state index < -0.39 is 0 Å². The Morgan fingerprint density at radius 3 is 2.33 bits per heavy atom. The molecule has 3 aromatic heterocycles. The molecule has 0 radical (unpaired) electrons. The number of hydrogen-bond donors (Lipinski definition) is 2. The highest BCUT2D eigenvalue weighted by molar-refractivity contribution is 7.18. The van der Waals surface area contributed by atoms with E-state index in [1.165, 1.54) is 23.7 Å². The maximum atomic E-state index is 12.3. The maximum Gasteiger partial charge on any atom is 0.269 e. The van der Waals surface area contributed by atoms with E-state index in [-0.39, 0.29) is 11.8 Å². The summed E-state index contributed by atoms with van der Waals surface area (Å²) in [7, 11) is 0. The lowest BCUT2D eigenvalue weighted by Gasteiger charge is -2.00. The standard InChI is InChI=1S/C14H12N6O2S2/c1-7-10(12(22)18-14-20-19-8(2)23-14)24-13(16-7)17-11(21)9-3-5-15-6-4-9/h3-6H,1-2H3,(H,16,17,21)(H,18,20,22). The summed E-state index contributed by atoms with van der Waals surface area (Å²) in [5, 5.41) is 14.6. The van der Waals surface area contributed by atoms with Gasteiger partial charge in [-0.3, -0.25) is 25.2 Å². The SMILES string of the molecule is Cc1nnc(NC(=O)c2sc(NC(=O)c3ccncc3)nc2C)s1. The summed E-state index contributed by atoms with van der Waals surface area (Å²) in [5.41, 5.74) is 0.997. The average Bonchev–Trinajstić information content (AvgIpc) is 3.13. The Balaban J connectivity index is 1.73. The first-order chi connectivity index (χ1) is 11.5. The van der Waals surface area contributed by atoms with Crippen molar-refractivity contribution >= 4 is 44.8 Å². The minimum absolute atomic E-state index is 0.308. The van der Waals surface area contributed by atoms with Crippen molar-refractivity contribution in [3.05, 3.63) is 45.7 Å². The second kappa shape index (κ2) is 6.81. The summed E-state index contributed by atoms with van der Waals surface area (Å²) < 4.78 is 0. The Morgan fingerprint density at radius 2 is 1.67 bits per heavy atom. The Labute approximate surface area is 145 Å². The number of pyridine rings is 1. The summed E-state index contributed by atoms with van der Waals surface area (Å²) in [6.07, 6.45) is 3.07. The summed E-state index contributed by atoms with van der Waals surface area (Å²) in [4.78, 5) is 32.9. The molecule has 0 aliphatic rings. The van der Waals surface area contributed by atoms with Gasteiger partial charge in [-0.25, -0.2) is 4.98 Å². The van der Waals surface area contributed by atoms with Crippen LogP contribution < -0.4 is 10.6 Å². The summed E-state index contributed by atoms with van der Waals surface area (Å²) in [5.74, 6) is -0.636. The Hall–Kier alpha value is -2.72. The van der Waals surface area contributed by atoms with Crippen LogP contribution >= 0.6 is 22.7 Å². The molecule has 0 fully saturated rings. The second-order valence-electron chi connectivity index (χ2n) is 4.70. The molecule has 2 amide bonds. The number of aromatic nitrogens is 4. The minimum Gasteiger partial charge on any atom is -0.298 e. The van der Waals surface area contributed by atoms with E-state index in [2.05, 4.69) is 30.8 Å². The third-order valence-electron chi connectivity index (χ3n) is 2.91. The number of carbonyl (C=O) groups excluding carboxylic acids is 2.